The SMILES string of the molecule is Cc1ccc(C(=O)P(=O)([O-])c2ccccc2-c2ccccc2O)cc1.[Na+]. The molecule has 1 unspecified atom stereocenters. The maximum Gasteiger partial charge on any atom is 1.00 e. The molecule has 0 bridgehead atoms. The number of aryl methyl sites for hydroxylation is 1. The molecular formula is C20H16NaO4P. The van der Waals surface area contributed by atoms with E-state index in [0.29, 0.717) is 11.1 Å². The maximum absolute atomic E-state index is 12.9. The molecule has 0 saturated heterocycles. The van der Waals surface area contributed by atoms with E-state index in [-0.39, 0.29) is 46.2 Å². The van der Waals surface area contributed by atoms with E-state index in [1.807, 2.05) is 6.92 Å². The fraction of sp³-hybridized carbons (Fsp3) is 0.0500. The molecule has 1 atom stereocenters. The molecule has 3 aromatic carbocycles. The Labute approximate surface area is 174 Å². The van der Waals surface area contributed by atoms with Gasteiger partial charge in [0.05, 0.1) is 0 Å². The van der Waals surface area contributed by atoms with Crippen molar-refractivity contribution in [3.63, 3.8) is 0 Å². The minimum atomic E-state index is -4.60. The standard InChI is InChI=1S/C20H17O4P.Na/c1-14-10-12-15(13-11-14)20(22)25(23,24)19-9-5-3-7-17(19)16-6-2-4-8-18(16)21;/h2-13,21H,1H3,(H,23,24);/q;+1/p-1. The third-order valence-corrected chi connectivity index (χ3v) is 5.80. The second-order valence-corrected chi connectivity index (χ2v) is 7.75. The topological polar surface area (TPSA) is 77.4 Å². The maximum atomic E-state index is 12.9. The van der Waals surface area contributed by atoms with Gasteiger partial charge in [0.1, 0.15) is 13.1 Å². The Kier molecular flexibility index (Phi) is 6.62. The molecule has 0 amide bonds. The Hall–Kier alpha value is -1.68. The van der Waals surface area contributed by atoms with Gasteiger partial charge < -0.3 is 14.6 Å². The normalized spacial score (nSPS) is 12.7. The largest absolute Gasteiger partial charge is 1.00 e. The van der Waals surface area contributed by atoms with Crippen LogP contribution in [0.25, 0.3) is 11.1 Å². The van der Waals surface area contributed by atoms with Crippen molar-refractivity contribution in [1.82, 2.24) is 0 Å². The summed E-state index contributed by atoms with van der Waals surface area (Å²) in [4.78, 5) is 25.5. The zero-order valence-corrected chi connectivity index (χ0v) is 17.4. The fourth-order valence-corrected chi connectivity index (χ4v) is 4.14. The number of rotatable bonds is 4. The molecule has 0 fully saturated rings. The zero-order chi connectivity index (χ0) is 18.0. The van der Waals surface area contributed by atoms with Gasteiger partial charge >= 0.3 is 29.6 Å². The first-order chi connectivity index (χ1) is 11.9. The van der Waals surface area contributed by atoms with Crippen molar-refractivity contribution in [2.75, 3.05) is 0 Å². The van der Waals surface area contributed by atoms with Gasteiger partial charge in [-0.05, 0) is 18.6 Å². The quantitative estimate of drug-likeness (QED) is 0.532. The molecule has 1 N–H and O–H groups in total. The second-order valence-electron chi connectivity index (χ2n) is 5.76. The summed E-state index contributed by atoms with van der Waals surface area (Å²) in [7, 11) is -4.60. The Balaban J connectivity index is 0.00000243. The zero-order valence-electron chi connectivity index (χ0n) is 14.5. The summed E-state index contributed by atoms with van der Waals surface area (Å²) < 4.78 is 12.9. The van der Waals surface area contributed by atoms with E-state index in [9.17, 15) is 19.4 Å². The van der Waals surface area contributed by atoms with Crippen LogP contribution >= 0.6 is 7.37 Å². The first-order valence-corrected chi connectivity index (χ1v) is 9.34. The molecule has 26 heavy (non-hydrogen) atoms. The summed E-state index contributed by atoms with van der Waals surface area (Å²) in [5, 5.41) is 9.97. The molecule has 4 nitrogen and oxygen atoms in total. The van der Waals surface area contributed by atoms with E-state index < -0.39 is 12.9 Å². The van der Waals surface area contributed by atoms with Crippen LogP contribution in [-0.4, -0.2) is 10.6 Å². The number of carbonyl (C=O) groups excluding carboxylic acids is 1. The van der Waals surface area contributed by atoms with Crippen LogP contribution in [0.2, 0.25) is 0 Å². The average Bonchev–Trinajstić information content (AvgIpc) is 2.62. The van der Waals surface area contributed by atoms with Crippen molar-refractivity contribution in [2.45, 2.75) is 6.92 Å². The first kappa shape index (κ1) is 20.6. The second kappa shape index (κ2) is 8.34. The molecule has 0 spiro atoms. The minimum Gasteiger partial charge on any atom is -0.790 e. The van der Waals surface area contributed by atoms with E-state index in [1.165, 1.54) is 24.3 Å². The predicted molar refractivity (Wildman–Crippen MR) is 96.3 cm³/mol. The van der Waals surface area contributed by atoms with Crippen molar-refractivity contribution >= 4 is 18.2 Å². The van der Waals surface area contributed by atoms with Crippen LogP contribution in [0.3, 0.4) is 0 Å². The summed E-state index contributed by atoms with van der Waals surface area (Å²) in [5.74, 6) is -0.0438. The molecule has 0 aromatic heterocycles. The van der Waals surface area contributed by atoms with Gasteiger partial charge in [0.2, 0.25) is 5.52 Å². The van der Waals surface area contributed by atoms with Gasteiger partial charge in [0, 0.05) is 16.4 Å². The first-order valence-electron chi connectivity index (χ1n) is 7.72. The molecule has 0 aliphatic rings. The third-order valence-electron chi connectivity index (χ3n) is 3.98. The van der Waals surface area contributed by atoms with Gasteiger partial charge in [0.25, 0.3) is 0 Å². The van der Waals surface area contributed by atoms with Gasteiger partial charge in [0.15, 0.2) is 0 Å². The minimum absolute atomic E-state index is 0. The number of phenols is 1. The van der Waals surface area contributed by atoms with Crippen molar-refractivity contribution in [3.05, 3.63) is 83.9 Å². The van der Waals surface area contributed by atoms with Crippen LogP contribution in [0.1, 0.15) is 15.9 Å². The number of hydrogen-bond donors (Lipinski definition) is 1. The van der Waals surface area contributed by atoms with Crippen LogP contribution in [0, 0.1) is 6.92 Å². The molecule has 0 aliphatic carbocycles. The fourth-order valence-electron chi connectivity index (χ4n) is 2.63. The van der Waals surface area contributed by atoms with E-state index in [4.69, 9.17) is 0 Å². The Bertz CT molecular complexity index is 983. The van der Waals surface area contributed by atoms with Crippen LogP contribution in [0.15, 0.2) is 72.8 Å². The van der Waals surface area contributed by atoms with Gasteiger partial charge in [-0.3, -0.25) is 4.79 Å². The molecule has 6 heteroatoms. The molecule has 0 heterocycles. The summed E-state index contributed by atoms with van der Waals surface area (Å²) >= 11 is 0. The molecule has 0 radical (unpaired) electrons. The summed E-state index contributed by atoms with van der Waals surface area (Å²) in [6.45, 7) is 1.86. The smallest absolute Gasteiger partial charge is 0.790 e. The number of carbonyl (C=O) groups is 1. The summed E-state index contributed by atoms with van der Waals surface area (Å²) in [5.41, 5.74) is 0.795. The molecule has 0 aliphatic heterocycles. The predicted octanol–water partition coefficient (Wildman–Crippen LogP) is 0.476. The van der Waals surface area contributed by atoms with Crippen LogP contribution in [0.5, 0.6) is 5.75 Å². The van der Waals surface area contributed by atoms with Gasteiger partial charge in [-0.2, -0.15) is 0 Å². The Morgan fingerprint density at radius 2 is 1.42 bits per heavy atom. The number of aromatic hydroxyl groups is 1. The van der Waals surface area contributed by atoms with Gasteiger partial charge in [-0.15, -0.1) is 0 Å². The van der Waals surface area contributed by atoms with E-state index in [0.717, 1.165) is 5.56 Å². The van der Waals surface area contributed by atoms with Crippen molar-refractivity contribution in [2.24, 2.45) is 0 Å². The summed E-state index contributed by atoms with van der Waals surface area (Å²) in [6.07, 6.45) is 0. The van der Waals surface area contributed by atoms with Crippen molar-refractivity contribution in [3.8, 4) is 16.9 Å². The Morgan fingerprint density at radius 3 is 2.04 bits per heavy atom. The van der Waals surface area contributed by atoms with Gasteiger partial charge in [-0.1, -0.05) is 72.3 Å². The van der Waals surface area contributed by atoms with Crippen LogP contribution < -0.4 is 39.8 Å². The van der Waals surface area contributed by atoms with Crippen molar-refractivity contribution in [1.29, 1.82) is 0 Å². The number of hydrogen-bond acceptors (Lipinski definition) is 4. The molecule has 3 aromatic rings. The number of benzene rings is 3. The van der Waals surface area contributed by atoms with Crippen molar-refractivity contribution < 1.29 is 48.9 Å². The van der Waals surface area contributed by atoms with E-state index >= 15 is 0 Å². The third kappa shape index (κ3) is 4.01. The molecule has 126 valence electrons. The Morgan fingerprint density at radius 1 is 0.885 bits per heavy atom. The molecular weight excluding hydrogens is 358 g/mol. The average molecular weight is 374 g/mol. The number of para-hydroxylation sites is 1. The van der Waals surface area contributed by atoms with Crippen LogP contribution in [0.4, 0.5) is 0 Å². The van der Waals surface area contributed by atoms with Crippen LogP contribution in [-0.2, 0) is 4.57 Å². The van der Waals surface area contributed by atoms with E-state index in [1.54, 1.807) is 48.5 Å². The summed E-state index contributed by atoms with van der Waals surface area (Å²) in [6, 6.07) is 19.0. The van der Waals surface area contributed by atoms with Gasteiger partial charge in [-0.25, -0.2) is 0 Å². The monoisotopic (exact) mass is 374 g/mol. The molecule has 0 saturated carbocycles. The van der Waals surface area contributed by atoms with E-state index in [2.05, 4.69) is 0 Å². The number of phenolic OH excluding ortho intramolecular Hbond substituents is 1. The molecule has 3 rings (SSSR count).